The first-order chi connectivity index (χ1) is 8.74. The highest BCUT2D eigenvalue weighted by Crippen LogP contribution is 2.18. The molecule has 0 radical (unpaired) electrons. The summed E-state index contributed by atoms with van der Waals surface area (Å²) >= 11 is 0. The zero-order valence-corrected chi connectivity index (χ0v) is 10.3. The highest BCUT2D eigenvalue weighted by molar-refractivity contribution is 5.67. The first-order valence-corrected chi connectivity index (χ1v) is 6.39. The maximum atomic E-state index is 11.6. The van der Waals surface area contributed by atoms with Crippen molar-refractivity contribution in [1.82, 2.24) is 5.32 Å². The average molecular weight is 265 g/mol. The molecule has 1 fully saturated rings. The molecule has 0 bridgehead atoms. The molecular formula is C15H23NO3. The van der Waals surface area contributed by atoms with Crippen molar-refractivity contribution in [1.29, 1.82) is 0 Å². The van der Waals surface area contributed by atoms with Crippen LogP contribution in [0.1, 0.15) is 38.7 Å². The summed E-state index contributed by atoms with van der Waals surface area (Å²) in [6, 6.07) is 9.74. The van der Waals surface area contributed by atoms with E-state index in [4.69, 9.17) is 4.74 Å². The van der Waals surface area contributed by atoms with Gasteiger partial charge in [-0.05, 0) is 31.2 Å². The minimum atomic E-state index is -0.375. The van der Waals surface area contributed by atoms with E-state index in [2.05, 4.69) is 5.32 Å². The zero-order chi connectivity index (χ0) is 12.8. The van der Waals surface area contributed by atoms with Gasteiger partial charge >= 0.3 is 6.09 Å². The van der Waals surface area contributed by atoms with Crippen molar-refractivity contribution < 1.29 is 14.6 Å². The van der Waals surface area contributed by atoms with Gasteiger partial charge in [0.05, 0.1) is 6.10 Å². The van der Waals surface area contributed by atoms with Crippen LogP contribution in [0.25, 0.3) is 0 Å². The lowest BCUT2D eigenvalue weighted by molar-refractivity contribution is 0.104. The van der Waals surface area contributed by atoms with Gasteiger partial charge in [-0.25, -0.2) is 4.79 Å². The number of aliphatic hydroxyl groups is 1. The van der Waals surface area contributed by atoms with E-state index in [-0.39, 0.29) is 25.7 Å². The van der Waals surface area contributed by atoms with Crippen molar-refractivity contribution in [3.05, 3.63) is 35.9 Å². The van der Waals surface area contributed by atoms with Crippen LogP contribution >= 0.6 is 0 Å². The quantitative estimate of drug-likeness (QED) is 0.883. The first kappa shape index (κ1) is 15.5. The second-order valence-corrected chi connectivity index (χ2v) is 4.71. The molecule has 1 aliphatic carbocycles. The Morgan fingerprint density at radius 2 is 1.84 bits per heavy atom. The van der Waals surface area contributed by atoms with Crippen LogP contribution in [0.4, 0.5) is 4.79 Å². The van der Waals surface area contributed by atoms with Crippen LogP contribution in [0.5, 0.6) is 0 Å². The summed E-state index contributed by atoms with van der Waals surface area (Å²) in [7, 11) is 0. The maximum Gasteiger partial charge on any atom is 0.407 e. The Morgan fingerprint density at radius 1 is 1.21 bits per heavy atom. The standard InChI is InChI=1S/C14H19NO3.CH4/c16-13-8-6-12(7-9-13)15-14(17)18-10-11-4-2-1-3-5-11;/h1-5,12-13,16H,6-10H2,(H,15,17);1H4. The molecule has 1 amide bonds. The van der Waals surface area contributed by atoms with E-state index in [0.29, 0.717) is 6.61 Å². The van der Waals surface area contributed by atoms with Crippen molar-refractivity contribution in [2.24, 2.45) is 0 Å². The lowest BCUT2D eigenvalue weighted by Gasteiger charge is -2.25. The molecule has 0 heterocycles. The summed E-state index contributed by atoms with van der Waals surface area (Å²) in [5.74, 6) is 0. The third-order valence-electron chi connectivity index (χ3n) is 3.23. The van der Waals surface area contributed by atoms with E-state index >= 15 is 0 Å². The number of aliphatic hydroxyl groups excluding tert-OH is 1. The molecule has 0 aliphatic heterocycles. The highest BCUT2D eigenvalue weighted by Gasteiger charge is 2.21. The molecule has 0 aromatic heterocycles. The molecule has 19 heavy (non-hydrogen) atoms. The molecule has 4 heteroatoms. The third-order valence-corrected chi connectivity index (χ3v) is 3.23. The average Bonchev–Trinajstić information content (AvgIpc) is 2.40. The summed E-state index contributed by atoms with van der Waals surface area (Å²) in [6.45, 7) is 0.294. The van der Waals surface area contributed by atoms with E-state index in [1.807, 2.05) is 30.3 Å². The monoisotopic (exact) mass is 265 g/mol. The molecule has 0 saturated heterocycles. The van der Waals surface area contributed by atoms with Crippen LogP contribution in [0, 0.1) is 0 Å². The van der Waals surface area contributed by atoms with Crippen molar-refractivity contribution in [3.8, 4) is 0 Å². The number of ether oxygens (including phenoxy) is 1. The molecule has 1 saturated carbocycles. The van der Waals surface area contributed by atoms with Crippen LogP contribution in [-0.4, -0.2) is 23.3 Å². The van der Waals surface area contributed by atoms with Crippen molar-refractivity contribution in [2.45, 2.75) is 51.9 Å². The number of nitrogens with one attached hydrogen (secondary N) is 1. The number of carbonyl (C=O) groups excluding carboxylic acids is 1. The molecule has 0 atom stereocenters. The Kier molecular flexibility index (Phi) is 6.36. The Balaban J connectivity index is 0.00000180. The fourth-order valence-electron chi connectivity index (χ4n) is 2.15. The smallest absolute Gasteiger partial charge is 0.407 e. The maximum absolute atomic E-state index is 11.6. The lowest BCUT2D eigenvalue weighted by Crippen LogP contribution is -2.38. The lowest BCUT2D eigenvalue weighted by atomic mass is 9.93. The van der Waals surface area contributed by atoms with Crippen LogP contribution < -0.4 is 5.32 Å². The molecule has 0 unspecified atom stereocenters. The molecule has 1 aromatic carbocycles. The number of rotatable bonds is 3. The third kappa shape index (κ3) is 5.30. The second-order valence-electron chi connectivity index (χ2n) is 4.71. The van der Waals surface area contributed by atoms with E-state index in [9.17, 15) is 9.90 Å². The summed E-state index contributed by atoms with van der Waals surface area (Å²) in [4.78, 5) is 11.6. The predicted molar refractivity (Wildman–Crippen MR) is 74.8 cm³/mol. The largest absolute Gasteiger partial charge is 0.445 e. The molecule has 106 valence electrons. The minimum Gasteiger partial charge on any atom is -0.445 e. The van der Waals surface area contributed by atoms with Gasteiger partial charge < -0.3 is 15.2 Å². The van der Waals surface area contributed by atoms with Gasteiger partial charge in [-0.15, -0.1) is 0 Å². The Bertz CT molecular complexity index is 372. The molecular weight excluding hydrogens is 242 g/mol. The van der Waals surface area contributed by atoms with Crippen molar-refractivity contribution >= 4 is 6.09 Å². The van der Waals surface area contributed by atoms with Crippen LogP contribution in [-0.2, 0) is 11.3 Å². The summed E-state index contributed by atoms with van der Waals surface area (Å²) < 4.78 is 5.15. The van der Waals surface area contributed by atoms with Gasteiger partial charge in [-0.3, -0.25) is 0 Å². The fourth-order valence-corrected chi connectivity index (χ4v) is 2.15. The van der Waals surface area contributed by atoms with Crippen LogP contribution in [0.15, 0.2) is 30.3 Å². The molecule has 2 N–H and O–H groups in total. The second kappa shape index (κ2) is 7.79. The van der Waals surface area contributed by atoms with E-state index < -0.39 is 0 Å². The summed E-state index contributed by atoms with van der Waals surface area (Å²) in [5, 5.41) is 12.2. The van der Waals surface area contributed by atoms with Crippen molar-refractivity contribution in [3.63, 3.8) is 0 Å². The van der Waals surface area contributed by atoms with Gasteiger partial charge in [0.15, 0.2) is 0 Å². The summed E-state index contributed by atoms with van der Waals surface area (Å²) in [6.07, 6.45) is 2.57. The number of carbonyl (C=O) groups is 1. The number of hydrogen-bond acceptors (Lipinski definition) is 3. The molecule has 1 aliphatic rings. The summed E-state index contributed by atoms with van der Waals surface area (Å²) in [5.41, 5.74) is 0.978. The molecule has 4 nitrogen and oxygen atoms in total. The Labute approximate surface area is 114 Å². The number of alkyl carbamates (subject to hydrolysis) is 1. The van der Waals surface area contributed by atoms with Crippen LogP contribution in [0.2, 0.25) is 0 Å². The van der Waals surface area contributed by atoms with Crippen molar-refractivity contribution in [2.75, 3.05) is 0 Å². The minimum absolute atomic E-state index is 0. The first-order valence-electron chi connectivity index (χ1n) is 6.39. The van der Waals surface area contributed by atoms with E-state index in [0.717, 1.165) is 31.2 Å². The van der Waals surface area contributed by atoms with E-state index in [1.54, 1.807) is 0 Å². The van der Waals surface area contributed by atoms with E-state index in [1.165, 1.54) is 0 Å². The number of hydrogen-bond donors (Lipinski definition) is 2. The predicted octanol–water partition coefficient (Wildman–Crippen LogP) is 2.85. The molecule has 0 spiro atoms. The van der Waals surface area contributed by atoms with Gasteiger partial charge in [0, 0.05) is 6.04 Å². The Morgan fingerprint density at radius 3 is 2.47 bits per heavy atom. The molecule has 1 aromatic rings. The number of amides is 1. The Hall–Kier alpha value is -1.55. The van der Waals surface area contributed by atoms with Crippen LogP contribution in [0.3, 0.4) is 0 Å². The number of benzene rings is 1. The van der Waals surface area contributed by atoms with Gasteiger partial charge in [-0.2, -0.15) is 0 Å². The van der Waals surface area contributed by atoms with Gasteiger partial charge in [0.25, 0.3) is 0 Å². The molecule has 2 rings (SSSR count). The van der Waals surface area contributed by atoms with Gasteiger partial charge in [-0.1, -0.05) is 37.8 Å². The highest BCUT2D eigenvalue weighted by atomic mass is 16.5. The topological polar surface area (TPSA) is 58.6 Å². The SMILES string of the molecule is C.O=C(NC1CCC(O)CC1)OCc1ccccc1. The van der Waals surface area contributed by atoms with Gasteiger partial charge in [0.2, 0.25) is 0 Å². The normalized spacial score (nSPS) is 22.2. The zero-order valence-electron chi connectivity index (χ0n) is 10.3. The fraction of sp³-hybridized carbons (Fsp3) is 0.533. The van der Waals surface area contributed by atoms with Gasteiger partial charge in [0.1, 0.15) is 6.61 Å².